The molecule has 24 heavy (non-hydrogen) atoms. The van der Waals surface area contributed by atoms with Crippen molar-refractivity contribution in [1.82, 2.24) is 4.31 Å². The van der Waals surface area contributed by atoms with Crippen LogP contribution in [0.25, 0.3) is 0 Å². The number of halogens is 1. The molecule has 0 radical (unpaired) electrons. The quantitative estimate of drug-likeness (QED) is 0.722. The normalized spacial score (nSPS) is 19.6. The molecule has 0 amide bonds. The Morgan fingerprint density at radius 1 is 1.12 bits per heavy atom. The van der Waals surface area contributed by atoms with E-state index < -0.39 is 25.1 Å². The van der Waals surface area contributed by atoms with Gasteiger partial charge >= 0.3 is 0 Å². The molecule has 1 saturated heterocycles. The van der Waals surface area contributed by atoms with Crippen LogP contribution < -0.4 is 0 Å². The SMILES string of the molecule is O=S(=O)(Cc1ccco1)C1CCN(S(=O)(=O)c2ccccc2Br)C1. The highest BCUT2D eigenvalue weighted by atomic mass is 79.9. The number of sulfonamides is 1. The third-order valence-corrected chi connectivity index (χ3v) is 8.96. The Kier molecular flexibility index (Phi) is 4.87. The molecule has 1 unspecified atom stereocenters. The molecule has 1 atom stereocenters. The predicted molar refractivity (Wildman–Crippen MR) is 92.6 cm³/mol. The fraction of sp³-hybridized carbons (Fsp3) is 0.333. The summed E-state index contributed by atoms with van der Waals surface area (Å²) in [5.41, 5.74) is 0. The maximum Gasteiger partial charge on any atom is 0.244 e. The van der Waals surface area contributed by atoms with Crippen LogP contribution in [-0.4, -0.2) is 39.5 Å². The molecule has 1 fully saturated rings. The van der Waals surface area contributed by atoms with Gasteiger partial charge in [-0.2, -0.15) is 4.31 Å². The number of hydrogen-bond donors (Lipinski definition) is 0. The van der Waals surface area contributed by atoms with Crippen LogP contribution in [-0.2, 0) is 25.6 Å². The molecule has 0 saturated carbocycles. The highest BCUT2D eigenvalue weighted by molar-refractivity contribution is 9.10. The van der Waals surface area contributed by atoms with Crippen LogP contribution in [0.3, 0.4) is 0 Å². The van der Waals surface area contributed by atoms with Gasteiger partial charge in [-0.1, -0.05) is 12.1 Å². The van der Waals surface area contributed by atoms with Crippen LogP contribution in [0.5, 0.6) is 0 Å². The minimum absolute atomic E-state index is 0.0350. The largest absolute Gasteiger partial charge is 0.468 e. The monoisotopic (exact) mass is 433 g/mol. The molecule has 0 spiro atoms. The minimum Gasteiger partial charge on any atom is -0.468 e. The van der Waals surface area contributed by atoms with Crippen LogP contribution in [0.15, 0.2) is 56.4 Å². The van der Waals surface area contributed by atoms with Gasteiger partial charge in [-0.3, -0.25) is 0 Å². The first-order valence-corrected chi connectivity index (χ1v) is 11.2. The Hall–Kier alpha value is -1.16. The second-order valence-corrected chi connectivity index (χ2v) is 10.6. The van der Waals surface area contributed by atoms with Crippen molar-refractivity contribution < 1.29 is 21.3 Å². The predicted octanol–water partition coefficient (Wildman–Crippen LogP) is 2.42. The summed E-state index contributed by atoms with van der Waals surface area (Å²) in [7, 11) is -7.21. The lowest BCUT2D eigenvalue weighted by Gasteiger charge is -2.17. The summed E-state index contributed by atoms with van der Waals surface area (Å²) in [5, 5.41) is -0.722. The summed E-state index contributed by atoms with van der Waals surface area (Å²) in [5.74, 6) is 0.148. The van der Waals surface area contributed by atoms with E-state index in [1.165, 1.54) is 16.6 Å². The van der Waals surface area contributed by atoms with Gasteiger partial charge in [-0.25, -0.2) is 16.8 Å². The molecule has 1 aromatic carbocycles. The van der Waals surface area contributed by atoms with Gasteiger partial charge in [0.2, 0.25) is 10.0 Å². The molecule has 1 aromatic heterocycles. The number of hydrogen-bond acceptors (Lipinski definition) is 5. The third-order valence-electron chi connectivity index (χ3n) is 3.99. The maximum atomic E-state index is 12.7. The van der Waals surface area contributed by atoms with E-state index in [2.05, 4.69) is 15.9 Å². The molecule has 3 rings (SSSR count). The fourth-order valence-electron chi connectivity index (χ4n) is 2.71. The van der Waals surface area contributed by atoms with Gasteiger partial charge in [-0.05, 0) is 46.6 Å². The van der Waals surface area contributed by atoms with E-state index in [4.69, 9.17) is 4.42 Å². The highest BCUT2D eigenvalue weighted by Crippen LogP contribution is 2.29. The fourth-order valence-corrected chi connectivity index (χ4v) is 6.94. The molecule has 9 heteroatoms. The molecule has 0 N–H and O–H groups in total. The van der Waals surface area contributed by atoms with E-state index in [0.29, 0.717) is 10.2 Å². The Bertz CT molecular complexity index is 923. The van der Waals surface area contributed by atoms with E-state index in [1.54, 1.807) is 30.3 Å². The van der Waals surface area contributed by atoms with Crippen molar-refractivity contribution in [2.45, 2.75) is 22.3 Å². The van der Waals surface area contributed by atoms with Gasteiger partial charge in [0.1, 0.15) is 11.5 Å². The zero-order chi connectivity index (χ0) is 17.4. The topological polar surface area (TPSA) is 84.7 Å². The highest BCUT2D eigenvalue weighted by Gasteiger charge is 2.39. The van der Waals surface area contributed by atoms with E-state index in [0.717, 1.165) is 0 Å². The summed E-state index contributed by atoms with van der Waals surface area (Å²) >= 11 is 3.24. The number of furan rings is 1. The van der Waals surface area contributed by atoms with Gasteiger partial charge in [-0.15, -0.1) is 0 Å². The summed E-state index contributed by atoms with van der Waals surface area (Å²) in [6.07, 6.45) is 1.70. The first kappa shape index (κ1) is 17.7. The van der Waals surface area contributed by atoms with Crippen LogP contribution in [0.2, 0.25) is 0 Å². The minimum atomic E-state index is -3.73. The Balaban J connectivity index is 1.79. The second-order valence-electron chi connectivity index (χ2n) is 5.59. The number of sulfone groups is 1. The number of nitrogens with zero attached hydrogens (tertiary/aromatic N) is 1. The van der Waals surface area contributed by atoms with Crippen LogP contribution in [0.1, 0.15) is 12.2 Å². The molecule has 1 aliphatic heterocycles. The van der Waals surface area contributed by atoms with Crippen molar-refractivity contribution in [3.8, 4) is 0 Å². The van der Waals surface area contributed by atoms with E-state index >= 15 is 0 Å². The van der Waals surface area contributed by atoms with Gasteiger partial charge in [0, 0.05) is 17.6 Å². The maximum absolute atomic E-state index is 12.7. The molecule has 2 heterocycles. The standard InChI is InChI=1S/C15H16BrNO5S2/c16-14-5-1-2-6-15(14)24(20,21)17-8-7-13(10-17)23(18,19)11-12-4-3-9-22-12/h1-6,9,13H,7-8,10-11H2. The molecular formula is C15H16BrNO5S2. The molecule has 0 aliphatic carbocycles. The molecule has 6 nitrogen and oxygen atoms in total. The summed E-state index contributed by atoms with van der Waals surface area (Å²) in [4.78, 5) is 0.147. The average Bonchev–Trinajstić information content (AvgIpc) is 3.18. The molecule has 1 aliphatic rings. The average molecular weight is 434 g/mol. The summed E-state index contributed by atoms with van der Waals surface area (Å²) in [6.45, 7) is 0.151. The van der Waals surface area contributed by atoms with Crippen molar-refractivity contribution in [2.75, 3.05) is 13.1 Å². The van der Waals surface area contributed by atoms with Gasteiger partial charge in [0.25, 0.3) is 0 Å². The Morgan fingerprint density at radius 2 is 1.88 bits per heavy atom. The molecule has 0 bridgehead atoms. The van der Waals surface area contributed by atoms with E-state index in [-0.39, 0.29) is 30.2 Å². The smallest absolute Gasteiger partial charge is 0.244 e. The lowest BCUT2D eigenvalue weighted by molar-refractivity contribution is 0.475. The summed E-state index contributed by atoms with van der Waals surface area (Å²) in [6, 6.07) is 9.74. The van der Waals surface area contributed by atoms with Crippen LogP contribution >= 0.6 is 15.9 Å². The Morgan fingerprint density at radius 3 is 2.54 bits per heavy atom. The van der Waals surface area contributed by atoms with E-state index in [1.807, 2.05) is 0 Å². The lowest BCUT2D eigenvalue weighted by atomic mass is 10.4. The van der Waals surface area contributed by atoms with Crippen molar-refractivity contribution in [1.29, 1.82) is 0 Å². The summed E-state index contributed by atoms with van der Waals surface area (Å²) < 4.78 is 57.2. The number of benzene rings is 1. The molecule has 130 valence electrons. The van der Waals surface area contributed by atoms with Crippen LogP contribution in [0.4, 0.5) is 0 Å². The Labute approximate surface area is 149 Å². The van der Waals surface area contributed by atoms with Gasteiger partial charge < -0.3 is 4.42 Å². The van der Waals surface area contributed by atoms with Crippen LogP contribution in [0, 0.1) is 0 Å². The first-order valence-electron chi connectivity index (χ1n) is 7.29. The van der Waals surface area contributed by atoms with Crippen molar-refractivity contribution in [3.05, 3.63) is 52.9 Å². The van der Waals surface area contributed by atoms with Gasteiger partial charge in [0.15, 0.2) is 9.84 Å². The van der Waals surface area contributed by atoms with Gasteiger partial charge in [0.05, 0.1) is 16.4 Å². The lowest BCUT2D eigenvalue weighted by Crippen LogP contribution is -2.32. The zero-order valence-electron chi connectivity index (χ0n) is 12.6. The van der Waals surface area contributed by atoms with Crippen molar-refractivity contribution in [2.24, 2.45) is 0 Å². The molecule has 2 aromatic rings. The first-order chi connectivity index (χ1) is 11.3. The van der Waals surface area contributed by atoms with Crippen molar-refractivity contribution >= 4 is 35.8 Å². The third kappa shape index (κ3) is 3.44. The second kappa shape index (κ2) is 6.62. The van der Waals surface area contributed by atoms with E-state index in [9.17, 15) is 16.8 Å². The zero-order valence-corrected chi connectivity index (χ0v) is 15.8. The molecular weight excluding hydrogens is 418 g/mol. The number of rotatable bonds is 5. The van der Waals surface area contributed by atoms with Crippen molar-refractivity contribution in [3.63, 3.8) is 0 Å².